The van der Waals surface area contributed by atoms with E-state index >= 15 is 0 Å². The average Bonchev–Trinajstić information content (AvgIpc) is 2.88. The second-order valence-electron chi connectivity index (χ2n) is 7.12. The van der Waals surface area contributed by atoms with Gasteiger partial charge in [0.05, 0.1) is 11.7 Å². The molecule has 1 aromatic rings. The lowest BCUT2D eigenvalue weighted by Crippen LogP contribution is -2.39. The molecule has 7 atom stereocenters. The summed E-state index contributed by atoms with van der Waals surface area (Å²) in [6, 6.07) is 1.07. The van der Waals surface area contributed by atoms with E-state index in [9.17, 15) is 34.4 Å². The number of nitrogens with zero attached hydrogens (tertiary/aromatic N) is 1. The molecule has 0 aromatic carbocycles. The third-order valence-electron chi connectivity index (χ3n) is 4.94. The first kappa shape index (κ1) is 23.0. The lowest BCUT2D eigenvalue weighted by atomic mass is 9.93. The molecular weight excluding hydrogens is 395 g/mol. The summed E-state index contributed by atoms with van der Waals surface area (Å²) in [6.07, 6.45) is -3.85. The van der Waals surface area contributed by atoms with Gasteiger partial charge in [0.1, 0.15) is 12.2 Å². The van der Waals surface area contributed by atoms with Crippen molar-refractivity contribution in [2.75, 3.05) is 0 Å². The number of hydrogen-bond acceptors (Lipinski definition) is 8. The summed E-state index contributed by atoms with van der Waals surface area (Å²) in [6.45, 7) is 4.76. The Morgan fingerprint density at radius 3 is 2.54 bits per heavy atom. The van der Waals surface area contributed by atoms with Gasteiger partial charge in [0.2, 0.25) is 0 Å². The van der Waals surface area contributed by atoms with Crippen LogP contribution in [0.1, 0.15) is 46.3 Å². The monoisotopic (exact) mass is 422 g/mol. The van der Waals surface area contributed by atoms with Crippen LogP contribution >= 0.6 is 7.60 Å². The Balaban J connectivity index is 2.21. The van der Waals surface area contributed by atoms with Crippen LogP contribution in [0.15, 0.2) is 21.9 Å². The standard InChI is InChI=1S/C16H27N2O9P/c1-4-11(20)28(24,25)27-16(3,5-2)8-9-12(21)13(22)14(26-9)18-7-6-10(19)17-15(18)23/h6-7,9,11-14,20-22H,4-5,8H2,1-3H3,(H,24,25)(H,17,19,23)/t9-,11?,12-,13-,14-,16?/m1/s1. The fraction of sp³-hybridized carbons (Fsp3) is 0.750. The smallest absolute Gasteiger partial charge is 0.356 e. The molecule has 0 spiro atoms. The number of hydrogen-bond donors (Lipinski definition) is 5. The van der Waals surface area contributed by atoms with Crippen molar-refractivity contribution in [3.63, 3.8) is 0 Å². The van der Waals surface area contributed by atoms with E-state index in [1.165, 1.54) is 13.8 Å². The maximum atomic E-state index is 12.3. The Morgan fingerprint density at radius 2 is 2.00 bits per heavy atom. The summed E-state index contributed by atoms with van der Waals surface area (Å²) in [7, 11) is -4.34. The second-order valence-corrected chi connectivity index (χ2v) is 9.02. The summed E-state index contributed by atoms with van der Waals surface area (Å²) in [5.41, 5.74) is -2.69. The fourth-order valence-electron chi connectivity index (χ4n) is 3.03. The minimum absolute atomic E-state index is 0.0199. The molecule has 1 fully saturated rings. The van der Waals surface area contributed by atoms with Gasteiger partial charge in [0, 0.05) is 18.7 Å². The van der Waals surface area contributed by atoms with Crippen molar-refractivity contribution in [3.8, 4) is 0 Å². The maximum absolute atomic E-state index is 12.3. The van der Waals surface area contributed by atoms with Crippen LogP contribution < -0.4 is 11.2 Å². The molecule has 1 saturated heterocycles. The lowest BCUT2D eigenvalue weighted by molar-refractivity contribution is -0.0694. The van der Waals surface area contributed by atoms with Crippen molar-refractivity contribution in [1.29, 1.82) is 0 Å². The molecule has 2 heterocycles. The number of ether oxygens (including phenoxy) is 1. The number of nitrogens with one attached hydrogen (secondary N) is 1. The van der Waals surface area contributed by atoms with Crippen LogP contribution in [0.4, 0.5) is 0 Å². The Morgan fingerprint density at radius 1 is 1.36 bits per heavy atom. The zero-order chi connectivity index (χ0) is 21.3. The van der Waals surface area contributed by atoms with Crippen molar-refractivity contribution >= 4 is 7.60 Å². The summed E-state index contributed by atoms with van der Waals surface area (Å²) < 4.78 is 24.1. The van der Waals surface area contributed by atoms with Gasteiger partial charge < -0.3 is 29.5 Å². The highest BCUT2D eigenvalue weighted by Gasteiger charge is 2.48. The van der Waals surface area contributed by atoms with Gasteiger partial charge in [-0.3, -0.25) is 18.9 Å². The Bertz CT molecular complexity index is 840. The van der Waals surface area contributed by atoms with E-state index in [2.05, 4.69) is 0 Å². The van der Waals surface area contributed by atoms with Crippen LogP contribution in [0.5, 0.6) is 0 Å². The summed E-state index contributed by atoms with van der Waals surface area (Å²) in [5, 5.41) is 30.4. The zero-order valence-electron chi connectivity index (χ0n) is 15.9. The SMILES string of the molecule is CCC(O)P(=O)(O)OC(C)(CC)C[C@H]1O[C@@H](n2ccc(=O)[nH]c2=O)[C@H](O)[C@@H]1O. The van der Waals surface area contributed by atoms with Gasteiger partial charge >= 0.3 is 13.3 Å². The number of aliphatic hydroxyl groups excluding tert-OH is 3. The van der Waals surface area contributed by atoms with Gasteiger partial charge in [0.15, 0.2) is 12.1 Å². The number of aromatic amines is 1. The quantitative estimate of drug-likeness (QED) is 0.351. The lowest BCUT2D eigenvalue weighted by Gasteiger charge is -2.34. The van der Waals surface area contributed by atoms with Crippen LogP contribution in [0.25, 0.3) is 0 Å². The number of aliphatic hydroxyl groups is 3. The highest BCUT2D eigenvalue weighted by molar-refractivity contribution is 7.53. The Hall–Kier alpha value is -1.33. The predicted octanol–water partition coefficient (Wildman–Crippen LogP) is -0.355. The van der Waals surface area contributed by atoms with Gasteiger partial charge in [-0.1, -0.05) is 13.8 Å². The van der Waals surface area contributed by atoms with Gasteiger partial charge in [0.25, 0.3) is 5.56 Å². The van der Waals surface area contributed by atoms with E-state index in [1.807, 2.05) is 4.98 Å². The van der Waals surface area contributed by atoms with Gasteiger partial charge in [-0.15, -0.1) is 0 Å². The molecule has 3 unspecified atom stereocenters. The molecule has 0 bridgehead atoms. The highest BCUT2D eigenvalue weighted by atomic mass is 31.2. The van der Waals surface area contributed by atoms with Crippen LogP contribution in [0.3, 0.4) is 0 Å². The topological polar surface area (TPSA) is 171 Å². The van der Waals surface area contributed by atoms with E-state index in [-0.39, 0.29) is 19.3 Å². The first-order valence-electron chi connectivity index (χ1n) is 8.98. The molecule has 0 saturated carbocycles. The van der Waals surface area contributed by atoms with E-state index in [0.717, 1.165) is 16.8 Å². The Labute approximate surface area is 161 Å². The minimum atomic E-state index is -4.34. The van der Waals surface area contributed by atoms with Crippen molar-refractivity contribution < 1.29 is 34.0 Å². The number of rotatable bonds is 8. The van der Waals surface area contributed by atoms with E-state index in [4.69, 9.17) is 9.26 Å². The first-order valence-corrected chi connectivity index (χ1v) is 10.6. The van der Waals surface area contributed by atoms with Gasteiger partial charge in [-0.05, 0) is 19.8 Å². The third-order valence-corrected chi connectivity index (χ3v) is 6.76. The van der Waals surface area contributed by atoms with E-state index < -0.39 is 54.8 Å². The number of aromatic nitrogens is 2. The normalized spacial score (nSPS) is 30.5. The van der Waals surface area contributed by atoms with Crippen molar-refractivity contribution in [3.05, 3.63) is 33.1 Å². The molecule has 0 amide bonds. The van der Waals surface area contributed by atoms with Crippen molar-refractivity contribution in [1.82, 2.24) is 9.55 Å². The molecule has 5 N–H and O–H groups in total. The highest BCUT2D eigenvalue weighted by Crippen LogP contribution is 2.53. The maximum Gasteiger partial charge on any atom is 0.356 e. The van der Waals surface area contributed by atoms with Gasteiger partial charge in [-0.2, -0.15) is 0 Å². The molecule has 0 radical (unpaired) electrons. The molecular formula is C16H27N2O9P. The summed E-state index contributed by atoms with van der Waals surface area (Å²) in [4.78, 5) is 35.2. The van der Waals surface area contributed by atoms with Crippen LogP contribution in [0.2, 0.25) is 0 Å². The molecule has 1 aromatic heterocycles. The fourth-order valence-corrected chi connectivity index (χ4v) is 4.45. The summed E-state index contributed by atoms with van der Waals surface area (Å²) >= 11 is 0. The molecule has 160 valence electrons. The molecule has 0 aliphatic carbocycles. The van der Waals surface area contributed by atoms with Crippen LogP contribution in [-0.4, -0.2) is 59.5 Å². The molecule has 12 heteroatoms. The second kappa shape index (κ2) is 8.58. The molecule has 11 nitrogen and oxygen atoms in total. The molecule has 2 rings (SSSR count). The largest absolute Gasteiger partial charge is 0.388 e. The van der Waals surface area contributed by atoms with Crippen molar-refractivity contribution in [2.24, 2.45) is 0 Å². The number of H-pyrrole nitrogens is 1. The minimum Gasteiger partial charge on any atom is -0.388 e. The van der Waals surface area contributed by atoms with Crippen molar-refractivity contribution in [2.45, 2.75) is 76.0 Å². The average molecular weight is 422 g/mol. The zero-order valence-corrected chi connectivity index (χ0v) is 16.8. The first-order chi connectivity index (χ1) is 12.9. The Kier molecular flexibility index (Phi) is 7.03. The third kappa shape index (κ3) is 4.80. The van der Waals surface area contributed by atoms with E-state index in [0.29, 0.717) is 0 Å². The molecule has 1 aliphatic rings. The van der Waals surface area contributed by atoms with Gasteiger partial charge in [-0.25, -0.2) is 4.79 Å². The molecule has 1 aliphatic heterocycles. The van der Waals surface area contributed by atoms with Crippen LogP contribution in [0, 0.1) is 0 Å². The van der Waals surface area contributed by atoms with Crippen LogP contribution in [-0.2, 0) is 13.8 Å². The molecule has 28 heavy (non-hydrogen) atoms. The van der Waals surface area contributed by atoms with E-state index in [1.54, 1.807) is 6.92 Å². The predicted molar refractivity (Wildman–Crippen MR) is 97.8 cm³/mol. The summed E-state index contributed by atoms with van der Waals surface area (Å²) in [5.74, 6) is -1.55.